The Balaban J connectivity index is 1.65. The monoisotopic (exact) mass is 527 g/mol. The summed E-state index contributed by atoms with van der Waals surface area (Å²) in [7, 11) is -2.59. The first-order valence-corrected chi connectivity index (χ1v) is 12.6. The zero-order valence-electron chi connectivity index (χ0n) is 19.6. The van der Waals surface area contributed by atoms with Gasteiger partial charge in [0.1, 0.15) is 10.6 Å². The van der Waals surface area contributed by atoms with Gasteiger partial charge in [0.05, 0.1) is 19.3 Å². The molecule has 36 heavy (non-hydrogen) atoms. The molecule has 0 radical (unpaired) electrons. The van der Waals surface area contributed by atoms with Gasteiger partial charge in [-0.25, -0.2) is 9.79 Å². The van der Waals surface area contributed by atoms with Crippen LogP contribution in [-0.2, 0) is 19.6 Å². The van der Waals surface area contributed by atoms with Crippen LogP contribution in [0, 0.1) is 6.92 Å². The van der Waals surface area contributed by atoms with E-state index < -0.39 is 16.1 Å². The minimum Gasteiger partial charge on any atom is -0.496 e. The van der Waals surface area contributed by atoms with Crippen LogP contribution in [0.25, 0.3) is 6.08 Å². The Morgan fingerprint density at radius 2 is 1.72 bits per heavy atom. The number of aryl methyl sites for hydroxylation is 1. The predicted octanol–water partition coefficient (Wildman–Crippen LogP) is 5.17. The Labute approximate surface area is 213 Å². The first kappa shape index (κ1) is 25.3. The van der Waals surface area contributed by atoms with Crippen molar-refractivity contribution < 1.29 is 31.6 Å². The molecule has 0 N–H and O–H groups in total. The molecule has 186 valence electrons. The predicted molar refractivity (Wildman–Crippen MR) is 135 cm³/mol. The van der Waals surface area contributed by atoms with E-state index in [0.29, 0.717) is 21.9 Å². The average Bonchev–Trinajstić information content (AvgIpc) is 3.21. The third-order valence-corrected chi connectivity index (χ3v) is 6.58. The van der Waals surface area contributed by atoms with Gasteiger partial charge < -0.3 is 18.4 Å². The first-order chi connectivity index (χ1) is 17.2. The van der Waals surface area contributed by atoms with Crippen molar-refractivity contribution >= 4 is 39.7 Å². The number of nitrogens with zero attached hydrogens (tertiary/aromatic N) is 1. The number of hydrogen-bond acceptors (Lipinski definition) is 8. The summed E-state index contributed by atoms with van der Waals surface area (Å²) in [6.07, 6.45) is 1.49. The fourth-order valence-electron chi connectivity index (χ4n) is 3.35. The summed E-state index contributed by atoms with van der Waals surface area (Å²) in [6.45, 7) is 3.88. The van der Waals surface area contributed by atoms with Gasteiger partial charge in [-0.15, -0.1) is 0 Å². The Morgan fingerprint density at radius 3 is 2.42 bits per heavy atom. The highest BCUT2D eigenvalue weighted by atomic mass is 35.5. The molecule has 0 saturated heterocycles. The minimum absolute atomic E-state index is 0.0152. The number of aliphatic imine (C=N–C) groups is 1. The number of cyclic esters (lactones) is 1. The number of rotatable bonds is 8. The normalized spacial score (nSPS) is 14.4. The van der Waals surface area contributed by atoms with Gasteiger partial charge in [-0.2, -0.15) is 8.42 Å². The highest BCUT2D eigenvalue weighted by Gasteiger charge is 2.27. The van der Waals surface area contributed by atoms with Crippen LogP contribution < -0.4 is 13.7 Å². The van der Waals surface area contributed by atoms with E-state index in [4.69, 9.17) is 30.0 Å². The van der Waals surface area contributed by atoms with E-state index >= 15 is 0 Å². The summed E-state index contributed by atoms with van der Waals surface area (Å²) in [5.41, 5.74) is 1.91. The van der Waals surface area contributed by atoms with Crippen molar-refractivity contribution in [1.82, 2.24) is 0 Å². The largest absolute Gasteiger partial charge is 0.496 e. The lowest BCUT2D eigenvalue weighted by molar-refractivity contribution is -0.129. The lowest BCUT2D eigenvalue weighted by atomic mass is 10.1. The van der Waals surface area contributed by atoms with Crippen LogP contribution >= 0.6 is 11.6 Å². The number of carbonyl (C=O) groups excluding carboxylic acids is 1. The second kappa shape index (κ2) is 10.4. The topological polar surface area (TPSA) is 100 Å². The van der Waals surface area contributed by atoms with Gasteiger partial charge in [0, 0.05) is 5.02 Å². The maximum atomic E-state index is 12.7. The summed E-state index contributed by atoms with van der Waals surface area (Å²) in [6, 6.07) is 15.8. The number of methoxy groups -OCH3 is 1. The lowest BCUT2D eigenvalue weighted by Gasteiger charge is -2.12. The van der Waals surface area contributed by atoms with E-state index in [9.17, 15) is 13.2 Å². The molecule has 4 rings (SSSR count). The Morgan fingerprint density at radius 1 is 1.00 bits per heavy atom. The molecule has 10 heteroatoms. The van der Waals surface area contributed by atoms with E-state index in [-0.39, 0.29) is 34.6 Å². The molecule has 0 aromatic heterocycles. The first-order valence-electron chi connectivity index (χ1n) is 10.8. The molecule has 0 unspecified atom stereocenters. The SMILES string of the molecule is CCOc1cc(/C=C2\N=C(c3cc(Cl)ccc3OC)OC2=O)ccc1OS(=O)(=O)c1ccc(C)cc1. The average molecular weight is 528 g/mol. The standard InChI is InChI=1S/C26H22ClNO7S/c1-4-33-24-14-17(7-11-23(24)35-36(30,31)19-9-5-16(2)6-10-19)13-21-26(29)34-25(28-21)20-15-18(27)8-12-22(20)32-3/h5-15H,4H2,1-3H3/b21-13-. The minimum atomic E-state index is -4.08. The maximum Gasteiger partial charge on any atom is 0.363 e. The van der Waals surface area contributed by atoms with Gasteiger partial charge >= 0.3 is 16.1 Å². The Hall–Kier alpha value is -3.82. The number of hydrogen-bond donors (Lipinski definition) is 0. The van der Waals surface area contributed by atoms with Crippen molar-refractivity contribution in [2.45, 2.75) is 18.7 Å². The van der Waals surface area contributed by atoms with E-state index in [1.807, 2.05) is 6.92 Å². The molecule has 0 bridgehead atoms. The lowest BCUT2D eigenvalue weighted by Crippen LogP contribution is -2.11. The van der Waals surface area contributed by atoms with Gasteiger partial charge in [-0.3, -0.25) is 0 Å². The number of carbonyl (C=O) groups is 1. The van der Waals surface area contributed by atoms with Crippen molar-refractivity contribution in [2.24, 2.45) is 4.99 Å². The van der Waals surface area contributed by atoms with Crippen LogP contribution in [0.2, 0.25) is 5.02 Å². The van der Waals surface area contributed by atoms with Crippen LogP contribution in [0.5, 0.6) is 17.2 Å². The summed E-state index contributed by atoms with van der Waals surface area (Å²) in [4.78, 5) is 16.8. The second-order valence-electron chi connectivity index (χ2n) is 7.67. The quantitative estimate of drug-likeness (QED) is 0.226. The number of benzene rings is 3. The maximum absolute atomic E-state index is 12.7. The van der Waals surface area contributed by atoms with Crippen molar-refractivity contribution in [3.63, 3.8) is 0 Å². The third kappa shape index (κ3) is 5.53. The smallest absolute Gasteiger partial charge is 0.363 e. The van der Waals surface area contributed by atoms with Crippen LogP contribution in [-0.4, -0.2) is 34.0 Å². The van der Waals surface area contributed by atoms with Gasteiger partial charge in [-0.05, 0) is 68.0 Å². The molecule has 8 nitrogen and oxygen atoms in total. The molecule has 1 aliphatic heterocycles. The van der Waals surface area contributed by atoms with Gasteiger partial charge in [-0.1, -0.05) is 35.4 Å². The van der Waals surface area contributed by atoms with Crippen LogP contribution in [0.15, 0.2) is 76.2 Å². The second-order valence-corrected chi connectivity index (χ2v) is 9.65. The molecular formula is C26H22ClNO7S. The van der Waals surface area contributed by atoms with E-state index in [2.05, 4.69) is 4.99 Å². The van der Waals surface area contributed by atoms with Gasteiger partial charge in [0.15, 0.2) is 17.2 Å². The van der Waals surface area contributed by atoms with Crippen LogP contribution in [0.4, 0.5) is 0 Å². The zero-order valence-corrected chi connectivity index (χ0v) is 21.2. The summed E-state index contributed by atoms with van der Waals surface area (Å²) in [5, 5.41) is 0.430. The molecule has 0 amide bonds. The molecule has 0 fully saturated rings. The summed E-state index contributed by atoms with van der Waals surface area (Å²) in [5.74, 6) is 0.0465. The number of ether oxygens (including phenoxy) is 3. The fourth-order valence-corrected chi connectivity index (χ4v) is 4.46. The van der Waals surface area contributed by atoms with E-state index in [0.717, 1.165) is 5.56 Å². The fraction of sp³-hybridized carbons (Fsp3) is 0.154. The highest BCUT2D eigenvalue weighted by Crippen LogP contribution is 2.33. The third-order valence-electron chi connectivity index (χ3n) is 5.09. The van der Waals surface area contributed by atoms with Crippen LogP contribution in [0.1, 0.15) is 23.6 Å². The molecule has 0 aliphatic carbocycles. The highest BCUT2D eigenvalue weighted by molar-refractivity contribution is 7.87. The van der Waals surface area contributed by atoms with Crippen LogP contribution in [0.3, 0.4) is 0 Å². The molecule has 1 heterocycles. The molecule has 0 spiro atoms. The molecule has 0 saturated carbocycles. The van der Waals surface area contributed by atoms with E-state index in [1.165, 1.54) is 31.4 Å². The zero-order chi connectivity index (χ0) is 25.9. The van der Waals surface area contributed by atoms with Crippen molar-refractivity contribution in [3.05, 3.63) is 88.1 Å². The number of esters is 1. The Bertz CT molecular complexity index is 1480. The van der Waals surface area contributed by atoms with Crippen molar-refractivity contribution in [3.8, 4) is 17.2 Å². The van der Waals surface area contributed by atoms with E-state index in [1.54, 1.807) is 49.4 Å². The van der Waals surface area contributed by atoms with Crippen molar-refractivity contribution in [1.29, 1.82) is 0 Å². The summed E-state index contributed by atoms with van der Waals surface area (Å²) < 4.78 is 47.0. The van der Waals surface area contributed by atoms with Gasteiger partial charge in [0.25, 0.3) is 0 Å². The number of halogens is 1. The van der Waals surface area contributed by atoms with Gasteiger partial charge in [0.2, 0.25) is 5.90 Å². The molecule has 0 atom stereocenters. The molecule has 3 aromatic rings. The Kier molecular flexibility index (Phi) is 7.32. The molecular weight excluding hydrogens is 506 g/mol. The van der Waals surface area contributed by atoms with Crippen molar-refractivity contribution in [2.75, 3.05) is 13.7 Å². The molecule has 3 aromatic carbocycles. The summed E-state index contributed by atoms with van der Waals surface area (Å²) >= 11 is 6.07. The molecule has 1 aliphatic rings.